The number of rotatable bonds is 3. The lowest BCUT2D eigenvalue weighted by Crippen LogP contribution is -2.38. The van der Waals surface area contributed by atoms with Crippen molar-refractivity contribution in [2.24, 2.45) is 0 Å². The van der Waals surface area contributed by atoms with Crippen molar-refractivity contribution in [1.29, 1.82) is 0 Å². The van der Waals surface area contributed by atoms with E-state index in [1.165, 1.54) is 19.3 Å². The lowest BCUT2D eigenvalue weighted by Gasteiger charge is -2.31. The van der Waals surface area contributed by atoms with Gasteiger partial charge in [0.25, 0.3) is 5.91 Å². The minimum atomic E-state index is 0.100. The highest BCUT2D eigenvalue weighted by atomic mass is 79.9. The van der Waals surface area contributed by atoms with E-state index in [2.05, 4.69) is 35.0 Å². The molecule has 0 atom stereocenters. The van der Waals surface area contributed by atoms with Gasteiger partial charge in [-0.3, -0.25) is 4.79 Å². The van der Waals surface area contributed by atoms with Crippen LogP contribution in [0.25, 0.3) is 22.2 Å². The summed E-state index contributed by atoms with van der Waals surface area (Å²) >= 11 is 3.49. The zero-order valence-corrected chi connectivity index (χ0v) is 18.0. The molecule has 1 fully saturated rings. The number of hydrogen-bond acceptors (Lipinski definition) is 2. The Hall–Kier alpha value is -2.20. The monoisotopic (exact) mass is 436 g/mol. The first-order valence-corrected chi connectivity index (χ1v) is 10.8. The summed E-state index contributed by atoms with van der Waals surface area (Å²) in [5.74, 6) is 0.100. The molecule has 0 radical (unpaired) electrons. The lowest BCUT2D eigenvalue weighted by atomic mass is 9.93. The minimum absolute atomic E-state index is 0.100. The summed E-state index contributed by atoms with van der Waals surface area (Å²) in [6.45, 7) is 2.06. The predicted molar refractivity (Wildman–Crippen MR) is 119 cm³/mol. The first kappa shape index (κ1) is 19.1. The smallest absolute Gasteiger partial charge is 0.254 e. The van der Waals surface area contributed by atoms with Crippen LogP contribution in [0.15, 0.2) is 53.0 Å². The van der Waals surface area contributed by atoms with Crippen molar-refractivity contribution < 1.29 is 4.79 Å². The molecular weight excluding hydrogens is 412 g/mol. The van der Waals surface area contributed by atoms with Crippen LogP contribution in [0.4, 0.5) is 0 Å². The third-order valence-corrected chi connectivity index (χ3v) is 6.31. The number of aromatic nitrogens is 1. The fourth-order valence-corrected chi connectivity index (χ4v) is 4.37. The highest BCUT2D eigenvalue weighted by Gasteiger charge is 2.25. The highest BCUT2D eigenvalue weighted by Crippen LogP contribution is 2.29. The third-order valence-electron chi connectivity index (χ3n) is 5.78. The zero-order valence-electron chi connectivity index (χ0n) is 16.4. The van der Waals surface area contributed by atoms with Crippen molar-refractivity contribution in [2.45, 2.75) is 45.1 Å². The Labute approximate surface area is 174 Å². The molecule has 1 aliphatic carbocycles. The summed E-state index contributed by atoms with van der Waals surface area (Å²) < 4.78 is 1.03. The van der Waals surface area contributed by atoms with Gasteiger partial charge in [0.1, 0.15) is 0 Å². The summed E-state index contributed by atoms with van der Waals surface area (Å²) in [4.78, 5) is 20.3. The Morgan fingerprint density at radius 2 is 1.75 bits per heavy atom. The molecule has 144 valence electrons. The van der Waals surface area contributed by atoms with Gasteiger partial charge in [-0.15, -0.1) is 0 Å². The normalized spacial score (nSPS) is 15.0. The first-order valence-electron chi connectivity index (χ1n) is 9.97. The number of halogens is 1. The summed E-state index contributed by atoms with van der Waals surface area (Å²) in [6, 6.07) is 16.5. The molecule has 0 spiro atoms. The Balaban J connectivity index is 1.81. The number of aryl methyl sites for hydroxylation is 1. The maximum atomic E-state index is 13.5. The number of fused-ring (bicyclic) bond motifs is 1. The maximum Gasteiger partial charge on any atom is 0.254 e. The molecule has 4 heteroatoms. The molecule has 1 heterocycles. The molecule has 0 saturated heterocycles. The van der Waals surface area contributed by atoms with Gasteiger partial charge in [0.2, 0.25) is 0 Å². The van der Waals surface area contributed by atoms with E-state index in [9.17, 15) is 4.79 Å². The van der Waals surface area contributed by atoms with Crippen LogP contribution >= 0.6 is 15.9 Å². The van der Waals surface area contributed by atoms with Gasteiger partial charge in [-0.25, -0.2) is 4.98 Å². The SMILES string of the molecule is Cc1ccc2nc(-c3ccc(Br)cc3)cc(C(=O)N(C)C3CCCCC3)c2c1. The van der Waals surface area contributed by atoms with Crippen LogP contribution in [-0.2, 0) is 0 Å². The van der Waals surface area contributed by atoms with Crippen molar-refractivity contribution in [2.75, 3.05) is 7.05 Å². The topological polar surface area (TPSA) is 33.2 Å². The van der Waals surface area contributed by atoms with E-state index >= 15 is 0 Å². The van der Waals surface area contributed by atoms with Gasteiger partial charge in [0.05, 0.1) is 16.8 Å². The summed E-state index contributed by atoms with van der Waals surface area (Å²) in [7, 11) is 1.96. The first-order chi connectivity index (χ1) is 13.5. The van der Waals surface area contributed by atoms with Crippen LogP contribution in [0.5, 0.6) is 0 Å². The van der Waals surface area contributed by atoms with Crippen molar-refractivity contribution in [1.82, 2.24) is 9.88 Å². The average molecular weight is 437 g/mol. The molecule has 28 heavy (non-hydrogen) atoms. The number of hydrogen-bond donors (Lipinski definition) is 0. The standard InChI is InChI=1S/C24H25BrN2O/c1-16-8-13-22-20(14-16)21(24(28)27(2)19-6-4-3-5-7-19)15-23(26-22)17-9-11-18(25)12-10-17/h8-15,19H,3-7H2,1-2H3. The van der Waals surface area contributed by atoms with E-state index in [0.29, 0.717) is 6.04 Å². The molecular formula is C24H25BrN2O. The molecule has 1 saturated carbocycles. The van der Waals surface area contributed by atoms with Gasteiger partial charge in [-0.05, 0) is 50.1 Å². The Bertz CT molecular complexity index is 1010. The van der Waals surface area contributed by atoms with Crippen LogP contribution in [0.2, 0.25) is 0 Å². The Kier molecular flexibility index (Phi) is 5.49. The minimum Gasteiger partial charge on any atom is -0.339 e. The second kappa shape index (κ2) is 8.04. The molecule has 1 aromatic heterocycles. The fourth-order valence-electron chi connectivity index (χ4n) is 4.11. The van der Waals surface area contributed by atoms with Crippen LogP contribution in [0.1, 0.15) is 48.0 Å². The van der Waals surface area contributed by atoms with Crippen molar-refractivity contribution >= 4 is 32.7 Å². The molecule has 1 amide bonds. The molecule has 3 aromatic rings. The maximum absolute atomic E-state index is 13.5. The summed E-state index contributed by atoms with van der Waals surface area (Å²) in [5, 5.41) is 0.938. The van der Waals surface area contributed by atoms with E-state index in [1.807, 2.05) is 48.3 Å². The number of nitrogens with zero attached hydrogens (tertiary/aromatic N) is 2. The van der Waals surface area contributed by atoms with Gasteiger partial charge in [0, 0.05) is 28.5 Å². The number of benzene rings is 2. The number of pyridine rings is 1. The van der Waals surface area contributed by atoms with Gasteiger partial charge >= 0.3 is 0 Å². The number of carbonyl (C=O) groups is 1. The molecule has 1 aliphatic rings. The third kappa shape index (κ3) is 3.83. The van der Waals surface area contributed by atoms with E-state index in [4.69, 9.17) is 4.98 Å². The molecule has 0 unspecified atom stereocenters. The number of carbonyl (C=O) groups excluding carboxylic acids is 1. The van der Waals surface area contributed by atoms with E-state index < -0.39 is 0 Å². The van der Waals surface area contributed by atoms with Gasteiger partial charge in [0.15, 0.2) is 0 Å². The molecule has 4 rings (SSSR count). The second-order valence-corrected chi connectivity index (χ2v) is 8.71. The van der Waals surface area contributed by atoms with Gasteiger partial charge in [-0.1, -0.05) is 59.0 Å². The molecule has 0 bridgehead atoms. The van der Waals surface area contributed by atoms with Crippen molar-refractivity contribution in [3.05, 3.63) is 64.1 Å². The van der Waals surface area contributed by atoms with Gasteiger partial charge < -0.3 is 4.90 Å². The Morgan fingerprint density at radius 3 is 2.46 bits per heavy atom. The molecule has 3 nitrogen and oxygen atoms in total. The molecule has 0 N–H and O–H groups in total. The van der Waals surface area contributed by atoms with Crippen molar-refractivity contribution in [3.8, 4) is 11.3 Å². The van der Waals surface area contributed by atoms with E-state index in [0.717, 1.165) is 50.6 Å². The van der Waals surface area contributed by atoms with E-state index in [1.54, 1.807) is 0 Å². The lowest BCUT2D eigenvalue weighted by molar-refractivity contribution is 0.0698. The largest absolute Gasteiger partial charge is 0.339 e. The predicted octanol–water partition coefficient (Wildman–Crippen LogP) is 6.38. The summed E-state index contributed by atoms with van der Waals surface area (Å²) in [5.41, 5.74) is 4.61. The van der Waals surface area contributed by atoms with Crippen LogP contribution in [0.3, 0.4) is 0 Å². The second-order valence-electron chi connectivity index (χ2n) is 7.79. The molecule has 2 aromatic carbocycles. The van der Waals surface area contributed by atoms with Crippen molar-refractivity contribution in [3.63, 3.8) is 0 Å². The van der Waals surface area contributed by atoms with Gasteiger partial charge in [-0.2, -0.15) is 0 Å². The summed E-state index contributed by atoms with van der Waals surface area (Å²) in [6.07, 6.45) is 5.91. The van der Waals surface area contributed by atoms with Crippen LogP contribution < -0.4 is 0 Å². The Morgan fingerprint density at radius 1 is 1.04 bits per heavy atom. The number of amides is 1. The molecule has 0 aliphatic heterocycles. The zero-order chi connectivity index (χ0) is 19.7. The fraction of sp³-hybridized carbons (Fsp3) is 0.333. The van der Waals surface area contributed by atoms with Crippen LogP contribution in [0, 0.1) is 6.92 Å². The van der Waals surface area contributed by atoms with E-state index in [-0.39, 0.29) is 5.91 Å². The highest BCUT2D eigenvalue weighted by molar-refractivity contribution is 9.10. The van der Waals surface area contributed by atoms with Crippen LogP contribution in [-0.4, -0.2) is 28.9 Å². The quantitative estimate of drug-likeness (QED) is 0.477. The average Bonchev–Trinajstić information content (AvgIpc) is 2.73.